The van der Waals surface area contributed by atoms with Crippen LogP contribution >= 0.6 is 0 Å². The topological polar surface area (TPSA) is 60.2 Å². The van der Waals surface area contributed by atoms with Gasteiger partial charge < -0.3 is 14.6 Å². The Kier molecular flexibility index (Phi) is 4.89. The number of rotatable bonds is 6. The predicted molar refractivity (Wildman–Crippen MR) is 60.8 cm³/mol. The van der Waals surface area contributed by atoms with Crippen LogP contribution in [0, 0.1) is 0 Å². The van der Waals surface area contributed by atoms with Gasteiger partial charge in [-0.25, -0.2) is 0 Å². The first kappa shape index (κ1) is 13.1. The summed E-state index contributed by atoms with van der Waals surface area (Å²) in [6, 6.07) is 0. The zero-order valence-electron chi connectivity index (χ0n) is 10.5. The molecule has 1 rings (SSSR count). The smallest absolute Gasteiger partial charge is 0.240 e. The molecule has 92 valence electrons. The Bertz CT molecular complexity index is 304. The second-order valence-corrected chi connectivity index (χ2v) is 4.76. The van der Waals surface area contributed by atoms with Crippen LogP contribution in [0.25, 0.3) is 0 Å². The maximum Gasteiger partial charge on any atom is 0.240 e. The molecule has 16 heavy (non-hydrogen) atoms. The first-order valence-corrected chi connectivity index (χ1v) is 5.65. The van der Waals surface area contributed by atoms with E-state index >= 15 is 0 Å². The molecule has 5 nitrogen and oxygen atoms in total. The second-order valence-electron chi connectivity index (χ2n) is 4.76. The van der Waals surface area contributed by atoms with E-state index in [0.29, 0.717) is 24.9 Å². The zero-order valence-corrected chi connectivity index (χ0v) is 10.5. The monoisotopic (exact) mass is 227 g/mol. The minimum Gasteiger partial charge on any atom is -0.373 e. The van der Waals surface area contributed by atoms with Crippen LogP contribution in [0.5, 0.6) is 0 Å². The van der Waals surface area contributed by atoms with E-state index in [0.717, 1.165) is 13.0 Å². The summed E-state index contributed by atoms with van der Waals surface area (Å²) in [4.78, 5) is 4.22. The molecule has 0 amide bonds. The molecule has 0 radical (unpaired) electrons. The summed E-state index contributed by atoms with van der Waals surface area (Å²) in [5.41, 5.74) is 0.0490. The molecule has 0 atom stereocenters. The van der Waals surface area contributed by atoms with Crippen LogP contribution in [-0.4, -0.2) is 22.3 Å². The Morgan fingerprint density at radius 3 is 2.75 bits per heavy atom. The van der Waals surface area contributed by atoms with Crippen molar-refractivity contribution in [3.8, 4) is 0 Å². The van der Waals surface area contributed by atoms with Crippen molar-refractivity contribution in [2.45, 2.75) is 52.8 Å². The third-order valence-electron chi connectivity index (χ3n) is 1.86. The highest BCUT2D eigenvalue weighted by molar-refractivity contribution is 4.85. The highest BCUT2D eigenvalue weighted by Crippen LogP contribution is 2.03. The first-order chi connectivity index (χ1) is 7.51. The minimum absolute atomic E-state index is 0.0490. The summed E-state index contributed by atoms with van der Waals surface area (Å²) in [5.74, 6) is 1.21. The Morgan fingerprint density at radius 1 is 1.38 bits per heavy atom. The molecule has 0 aliphatic heterocycles. The summed E-state index contributed by atoms with van der Waals surface area (Å²) in [5, 5.41) is 7.12. The van der Waals surface area contributed by atoms with Crippen molar-refractivity contribution in [3.63, 3.8) is 0 Å². The van der Waals surface area contributed by atoms with Gasteiger partial charge in [-0.3, -0.25) is 0 Å². The van der Waals surface area contributed by atoms with E-state index in [9.17, 15) is 0 Å². The maximum atomic E-state index is 5.32. The van der Waals surface area contributed by atoms with E-state index in [1.165, 1.54) is 0 Å². The largest absolute Gasteiger partial charge is 0.373 e. The van der Waals surface area contributed by atoms with Gasteiger partial charge in [0.1, 0.15) is 6.61 Å². The molecule has 0 bridgehead atoms. The van der Waals surface area contributed by atoms with Crippen molar-refractivity contribution < 1.29 is 9.26 Å². The van der Waals surface area contributed by atoms with Crippen molar-refractivity contribution in [2.24, 2.45) is 0 Å². The van der Waals surface area contributed by atoms with Crippen LogP contribution in [0.3, 0.4) is 0 Å². The highest BCUT2D eigenvalue weighted by atomic mass is 16.5. The fraction of sp³-hybridized carbons (Fsp3) is 0.818. The minimum atomic E-state index is 0.0490. The number of nitrogens with one attached hydrogen (secondary N) is 1. The highest BCUT2D eigenvalue weighted by Gasteiger charge is 2.12. The van der Waals surface area contributed by atoms with Crippen LogP contribution in [-0.2, 0) is 17.9 Å². The molecule has 0 saturated heterocycles. The summed E-state index contributed by atoms with van der Waals surface area (Å²) in [6.07, 6.45) is 0.996. The van der Waals surface area contributed by atoms with E-state index in [1.807, 2.05) is 0 Å². The van der Waals surface area contributed by atoms with Gasteiger partial charge in [-0.05, 0) is 27.2 Å². The third-order valence-corrected chi connectivity index (χ3v) is 1.86. The molecule has 0 unspecified atom stereocenters. The van der Waals surface area contributed by atoms with Crippen LogP contribution in [0.1, 0.15) is 45.8 Å². The molecule has 1 aromatic rings. The molecule has 0 fully saturated rings. The van der Waals surface area contributed by atoms with Crippen molar-refractivity contribution in [1.82, 2.24) is 15.5 Å². The lowest BCUT2D eigenvalue weighted by Gasteiger charge is -2.18. The average molecular weight is 227 g/mol. The van der Waals surface area contributed by atoms with Crippen molar-refractivity contribution >= 4 is 0 Å². The second kappa shape index (κ2) is 5.96. The predicted octanol–water partition coefficient (Wildman–Crippen LogP) is 1.88. The quantitative estimate of drug-likeness (QED) is 0.752. The molecular weight excluding hydrogens is 206 g/mol. The summed E-state index contributed by atoms with van der Waals surface area (Å²) in [7, 11) is 0. The molecule has 0 saturated carbocycles. The van der Waals surface area contributed by atoms with Gasteiger partial charge in [0.25, 0.3) is 0 Å². The van der Waals surface area contributed by atoms with Crippen LogP contribution in [0.15, 0.2) is 4.52 Å². The number of nitrogens with zero attached hydrogens (tertiary/aromatic N) is 2. The number of aromatic nitrogens is 2. The van der Waals surface area contributed by atoms with Gasteiger partial charge >= 0.3 is 0 Å². The Hall–Kier alpha value is -0.940. The Labute approximate surface area is 96.6 Å². The summed E-state index contributed by atoms with van der Waals surface area (Å²) in [6.45, 7) is 10.1. The molecule has 0 aliphatic rings. The Balaban J connectivity index is 2.33. The van der Waals surface area contributed by atoms with E-state index in [1.54, 1.807) is 0 Å². The Morgan fingerprint density at radius 2 is 2.12 bits per heavy atom. The van der Waals surface area contributed by atoms with Gasteiger partial charge in [0.15, 0.2) is 5.82 Å². The average Bonchev–Trinajstić information content (AvgIpc) is 2.62. The van der Waals surface area contributed by atoms with Gasteiger partial charge in [0.2, 0.25) is 5.89 Å². The van der Waals surface area contributed by atoms with E-state index < -0.39 is 0 Å². The molecule has 1 heterocycles. The molecular formula is C11H21N3O2. The van der Waals surface area contributed by atoms with Crippen molar-refractivity contribution in [3.05, 3.63) is 11.7 Å². The lowest BCUT2D eigenvalue weighted by molar-refractivity contribution is 0.114. The lowest BCUT2D eigenvalue weighted by atomic mass is 10.1. The molecule has 1 aromatic heterocycles. The molecule has 0 aromatic carbocycles. The van der Waals surface area contributed by atoms with Gasteiger partial charge in [-0.15, -0.1) is 0 Å². The van der Waals surface area contributed by atoms with Gasteiger partial charge in [0, 0.05) is 12.1 Å². The zero-order chi connectivity index (χ0) is 12.0. The van der Waals surface area contributed by atoms with Crippen LogP contribution < -0.4 is 5.32 Å². The fourth-order valence-corrected chi connectivity index (χ4v) is 1.07. The van der Waals surface area contributed by atoms with E-state index in [4.69, 9.17) is 9.26 Å². The standard InChI is InChI=1S/C11H21N3O2/c1-5-6-15-8-9-13-10(16-14-9)7-12-11(2,3)4/h12H,5-8H2,1-4H3. The maximum absolute atomic E-state index is 5.32. The van der Waals surface area contributed by atoms with E-state index in [2.05, 4.69) is 43.2 Å². The van der Waals surface area contributed by atoms with Gasteiger partial charge in [-0.1, -0.05) is 12.1 Å². The number of ether oxygens (including phenoxy) is 1. The molecule has 0 aliphatic carbocycles. The molecule has 1 N–H and O–H groups in total. The number of hydrogen-bond acceptors (Lipinski definition) is 5. The lowest BCUT2D eigenvalue weighted by Crippen LogP contribution is -2.35. The van der Waals surface area contributed by atoms with Crippen molar-refractivity contribution in [1.29, 1.82) is 0 Å². The van der Waals surface area contributed by atoms with Crippen LogP contribution in [0.4, 0.5) is 0 Å². The number of hydrogen-bond donors (Lipinski definition) is 1. The third kappa shape index (κ3) is 5.23. The summed E-state index contributed by atoms with van der Waals surface area (Å²) >= 11 is 0. The summed E-state index contributed by atoms with van der Waals surface area (Å²) < 4.78 is 10.4. The SMILES string of the molecule is CCCOCc1noc(CNC(C)(C)C)n1. The normalized spacial score (nSPS) is 12.0. The molecule has 5 heteroatoms. The van der Waals surface area contributed by atoms with E-state index in [-0.39, 0.29) is 5.54 Å². The van der Waals surface area contributed by atoms with Crippen LogP contribution in [0.2, 0.25) is 0 Å². The van der Waals surface area contributed by atoms with Crippen molar-refractivity contribution in [2.75, 3.05) is 6.61 Å². The molecule has 0 spiro atoms. The fourth-order valence-electron chi connectivity index (χ4n) is 1.07. The first-order valence-electron chi connectivity index (χ1n) is 5.65. The van der Waals surface area contributed by atoms with Gasteiger partial charge in [-0.2, -0.15) is 4.98 Å². The van der Waals surface area contributed by atoms with Gasteiger partial charge in [0.05, 0.1) is 6.54 Å².